The normalized spacial score (nSPS) is 22.6. The van der Waals surface area contributed by atoms with E-state index in [0.29, 0.717) is 50.2 Å². The zero-order valence-electron chi connectivity index (χ0n) is 14.6. The molecule has 1 spiro atoms. The number of hydrogen-bond acceptors (Lipinski definition) is 5. The fourth-order valence-corrected chi connectivity index (χ4v) is 3.86. The van der Waals surface area contributed by atoms with Gasteiger partial charge in [0.25, 0.3) is 0 Å². The van der Waals surface area contributed by atoms with Gasteiger partial charge in [0.2, 0.25) is 5.91 Å². The Labute approximate surface area is 152 Å². The lowest BCUT2D eigenvalue weighted by atomic mass is 9.84. The molecule has 7 heteroatoms. The summed E-state index contributed by atoms with van der Waals surface area (Å²) in [6.07, 6.45) is 6.37. The van der Waals surface area contributed by atoms with Crippen LogP contribution in [0.2, 0.25) is 0 Å². The van der Waals surface area contributed by atoms with Gasteiger partial charge in [-0.15, -0.1) is 10.2 Å². The fraction of sp³-hybridized carbons (Fsp3) is 0.474. The van der Waals surface area contributed by atoms with E-state index in [1.807, 2.05) is 29.2 Å². The minimum atomic E-state index is -0.477. The van der Waals surface area contributed by atoms with E-state index in [1.54, 1.807) is 17.2 Å². The third-order valence-electron chi connectivity index (χ3n) is 5.30. The predicted molar refractivity (Wildman–Crippen MR) is 93.8 cm³/mol. The first-order valence-electron chi connectivity index (χ1n) is 9.07. The second-order valence-corrected chi connectivity index (χ2v) is 7.07. The summed E-state index contributed by atoms with van der Waals surface area (Å²) in [5.41, 5.74) is 0.193. The number of fused-ring (bicyclic) bond motifs is 1. The molecular weight excluding hydrogens is 332 g/mol. The molecule has 1 unspecified atom stereocenters. The Kier molecular flexibility index (Phi) is 4.44. The molecule has 7 nitrogen and oxygen atoms in total. The highest BCUT2D eigenvalue weighted by Crippen LogP contribution is 2.39. The molecule has 2 aliphatic heterocycles. The van der Waals surface area contributed by atoms with Crippen molar-refractivity contribution >= 4 is 11.7 Å². The maximum Gasteiger partial charge on any atom is 0.224 e. The van der Waals surface area contributed by atoms with Crippen LogP contribution in [0.1, 0.15) is 42.5 Å². The van der Waals surface area contributed by atoms with Crippen molar-refractivity contribution in [3.63, 3.8) is 0 Å². The third-order valence-corrected chi connectivity index (χ3v) is 5.30. The van der Waals surface area contributed by atoms with Crippen LogP contribution in [0.25, 0.3) is 0 Å². The number of aryl methyl sites for hydroxylation is 1. The molecule has 0 bridgehead atoms. The Morgan fingerprint density at radius 2 is 1.96 bits per heavy atom. The van der Waals surface area contributed by atoms with E-state index < -0.39 is 5.60 Å². The van der Waals surface area contributed by atoms with Crippen molar-refractivity contribution in [2.24, 2.45) is 0 Å². The number of benzene rings is 1. The first-order valence-corrected chi connectivity index (χ1v) is 9.07. The Bertz CT molecular complexity index is 805. The van der Waals surface area contributed by atoms with Crippen LogP contribution in [0.15, 0.2) is 36.9 Å². The lowest BCUT2D eigenvalue weighted by molar-refractivity contribution is -0.131. The number of amides is 1. The maximum atomic E-state index is 12.5. The second kappa shape index (κ2) is 6.90. The van der Waals surface area contributed by atoms with E-state index >= 15 is 0 Å². The molecule has 1 aromatic carbocycles. The molecule has 2 aliphatic rings. The van der Waals surface area contributed by atoms with Crippen LogP contribution in [0.4, 0.5) is 0 Å². The number of nitrogens with zero attached hydrogens (tertiary/aromatic N) is 4. The number of carbonyl (C=O) groups is 2. The zero-order chi connectivity index (χ0) is 18.0. The lowest BCUT2D eigenvalue weighted by Gasteiger charge is -2.37. The molecule has 0 saturated carbocycles. The van der Waals surface area contributed by atoms with Gasteiger partial charge in [-0.2, -0.15) is 0 Å². The van der Waals surface area contributed by atoms with Crippen LogP contribution in [0.5, 0.6) is 5.75 Å². The molecule has 1 fully saturated rings. The summed E-state index contributed by atoms with van der Waals surface area (Å²) in [6, 6.07) is 7.44. The molecule has 3 heterocycles. The van der Waals surface area contributed by atoms with Gasteiger partial charge in [0.05, 0.1) is 12.0 Å². The van der Waals surface area contributed by atoms with Gasteiger partial charge in [-0.25, -0.2) is 0 Å². The largest absolute Gasteiger partial charge is 0.486 e. The molecule has 0 N–H and O–H groups in total. The Hall–Kier alpha value is -2.70. The number of ketones is 1. The van der Waals surface area contributed by atoms with Gasteiger partial charge < -0.3 is 14.2 Å². The van der Waals surface area contributed by atoms with Crippen molar-refractivity contribution in [3.8, 4) is 5.75 Å². The minimum absolute atomic E-state index is 0.123. The van der Waals surface area contributed by atoms with Crippen LogP contribution in [0.3, 0.4) is 0 Å². The molecule has 1 atom stereocenters. The van der Waals surface area contributed by atoms with Gasteiger partial charge >= 0.3 is 0 Å². The average molecular weight is 354 g/mol. The summed E-state index contributed by atoms with van der Waals surface area (Å²) >= 11 is 0. The van der Waals surface area contributed by atoms with E-state index in [-0.39, 0.29) is 11.7 Å². The predicted octanol–water partition coefficient (Wildman–Crippen LogP) is 2.08. The van der Waals surface area contributed by atoms with E-state index in [9.17, 15) is 9.59 Å². The van der Waals surface area contributed by atoms with Gasteiger partial charge in [0.15, 0.2) is 5.78 Å². The van der Waals surface area contributed by atoms with Crippen molar-refractivity contribution in [1.82, 2.24) is 19.7 Å². The zero-order valence-corrected chi connectivity index (χ0v) is 14.6. The minimum Gasteiger partial charge on any atom is -0.486 e. The number of rotatable bonds is 3. The molecule has 1 amide bonds. The van der Waals surface area contributed by atoms with Crippen LogP contribution in [-0.4, -0.2) is 50.0 Å². The molecule has 1 aromatic heterocycles. The Balaban J connectivity index is 1.40. The number of para-hydroxylation sites is 1. The quantitative estimate of drug-likeness (QED) is 0.843. The first kappa shape index (κ1) is 16.8. The lowest BCUT2D eigenvalue weighted by Crippen LogP contribution is -2.43. The van der Waals surface area contributed by atoms with Crippen LogP contribution in [0, 0.1) is 0 Å². The van der Waals surface area contributed by atoms with Gasteiger partial charge in [-0.3, -0.25) is 9.59 Å². The monoisotopic (exact) mass is 354 g/mol. The number of likely N-dealkylation sites (tertiary alicyclic amines) is 1. The summed E-state index contributed by atoms with van der Waals surface area (Å²) in [5.74, 6) is 0.939. The summed E-state index contributed by atoms with van der Waals surface area (Å²) < 4.78 is 8.08. The van der Waals surface area contributed by atoms with E-state index in [4.69, 9.17) is 4.74 Å². The Morgan fingerprint density at radius 1 is 1.15 bits per heavy atom. The molecule has 26 heavy (non-hydrogen) atoms. The highest BCUT2D eigenvalue weighted by Gasteiger charge is 2.41. The molecule has 0 radical (unpaired) electrons. The fourth-order valence-electron chi connectivity index (χ4n) is 3.86. The van der Waals surface area contributed by atoms with Crippen LogP contribution >= 0.6 is 0 Å². The number of Topliss-reactive ketones (excluding diaryl/α,β-unsaturated/α-hetero) is 1. The van der Waals surface area contributed by atoms with Gasteiger partial charge in [-0.1, -0.05) is 12.1 Å². The summed E-state index contributed by atoms with van der Waals surface area (Å²) in [7, 11) is 0. The topological polar surface area (TPSA) is 77.3 Å². The molecule has 0 aliphatic carbocycles. The highest BCUT2D eigenvalue weighted by atomic mass is 16.5. The maximum absolute atomic E-state index is 12.5. The van der Waals surface area contributed by atoms with Crippen LogP contribution < -0.4 is 4.74 Å². The van der Waals surface area contributed by atoms with Crippen molar-refractivity contribution < 1.29 is 14.3 Å². The second-order valence-electron chi connectivity index (χ2n) is 7.07. The van der Waals surface area contributed by atoms with E-state index in [2.05, 4.69) is 10.2 Å². The van der Waals surface area contributed by atoms with E-state index in [0.717, 1.165) is 12.8 Å². The number of ether oxygens (including phenoxy) is 1. The molecule has 1 saturated heterocycles. The number of aromatic nitrogens is 3. The van der Waals surface area contributed by atoms with Gasteiger partial charge in [-0.05, 0) is 25.0 Å². The molecule has 2 aromatic rings. The van der Waals surface area contributed by atoms with Crippen molar-refractivity contribution in [2.75, 3.05) is 13.1 Å². The summed E-state index contributed by atoms with van der Waals surface area (Å²) in [4.78, 5) is 27.0. The average Bonchev–Trinajstić information content (AvgIpc) is 3.08. The van der Waals surface area contributed by atoms with Gasteiger partial charge in [0, 0.05) is 32.5 Å². The molecule has 136 valence electrons. The Morgan fingerprint density at radius 3 is 2.81 bits per heavy atom. The molecular formula is C19H22N4O3. The SMILES string of the molecule is O=C1CC2(CCCN(C(=O)CCn3cnnc3)CC2)Oc2ccccc21. The number of hydrogen-bond donors (Lipinski definition) is 0. The standard InChI is InChI=1S/C19H22N4O3/c24-16-12-19(26-17-5-2-1-4-15(16)17)7-3-9-23(11-8-19)18(25)6-10-22-13-20-21-14-22/h1-2,4-5,13-14H,3,6-12H2. The van der Waals surface area contributed by atoms with Crippen molar-refractivity contribution in [1.29, 1.82) is 0 Å². The summed E-state index contributed by atoms with van der Waals surface area (Å²) in [6.45, 7) is 1.91. The highest BCUT2D eigenvalue weighted by molar-refractivity contribution is 6.00. The first-order chi connectivity index (χ1) is 12.7. The van der Waals surface area contributed by atoms with E-state index in [1.165, 1.54) is 0 Å². The van der Waals surface area contributed by atoms with Crippen LogP contribution in [-0.2, 0) is 11.3 Å². The van der Waals surface area contributed by atoms with Gasteiger partial charge in [0.1, 0.15) is 24.0 Å². The van der Waals surface area contributed by atoms with Crippen molar-refractivity contribution in [3.05, 3.63) is 42.5 Å². The summed E-state index contributed by atoms with van der Waals surface area (Å²) in [5, 5.41) is 7.50. The van der Waals surface area contributed by atoms with Crippen molar-refractivity contribution in [2.45, 2.75) is 44.2 Å². The molecule has 4 rings (SSSR count). The number of carbonyl (C=O) groups excluding carboxylic acids is 2. The smallest absolute Gasteiger partial charge is 0.224 e. The third kappa shape index (κ3) is 3.34.